The van der Waals surface area contributed by atoms with Crippen molar-refractivity contribution in [1.29, 1.82) is 0 Å². The Balaban J connectivity index is 1.78. The van der Waals surface area contributed by atoms with Gasteiger partial charge in [0, 0.05) is 42.6 Å². The number of ether oxygens (including phenoxy) is 1. The third-order valence-corrected chi connectivity index (χ3v) is 5.29. The molecule has 27 heavy (non-hydrogen) atoms. The molecule has 1 heterocycles. The van der Waals surface area contributed by atoms with Gasteiger partial charge in [-0.1, -0.05) is 17.7 Å². The zero-order chi connectivity index (χ0) is 19.7. The standard InChI is InChI=1S/C18H29ClN4O3S/c1-3-20-18(21-8-10-26-11-12-27(2,24)25)22-16-7-9-23(14-16)17-6-4-5-15(19)13-17/h4-6,13,16H,3,7-12,14H2,1-2H3,(H2,20,21,22). The molecule has 1 atom stereocenters. The smallest absolute Gasteiger partial charge is 0.191 e. The second kappa shape index (κ2) is 10.7. The molecule has 1 fully saturated rings. The molecule has 1 unspecified atom stereocenters. The van der Waals surface area contributed by atoms with Crippen LogP contribution in [-0.2, 0) is 14.6 Å². The molecular formula is C18H29ClN4O3S. The van der Waals surface area contributed by atoms with Crippen LogP contribution in [0.25, 0.3) is 0 Å². The van der Waals surface area contributed by atoms with E-state index in [0.717, 1.165) is 42.7 Å². The molecule has 9 heteroatoms. The van der Waals surface area contributed by atoms with E-state index in [9.17, 15) is 8.42 Å². The Morgan fingerprint density at radius 3 is 2.93 bits per heavy atom. The zero-order valence-electron chi connectivity index (χ0n) is 15.9. The normalized spacial score (nSPS) is 18.0. The molecule has 1 aliphatic heterocycles. The molecule has 0 bridgehead atoms. The predicted octanol–water partition coefficient (Wildman–Crippen LogP) is 1.54. The lowest BCUT2D eigenvalue weighted by Crippen LogP contribution is -2.44. The average Bonchev–Trinajstić information content (AvgIpc) is 3.06. The molecule has 0 radical (unpaired) electrons. The first-order chi connectivity index (χ1) is 12.9. The van der Waals surface area contributed by atoms with Crippen LogP contribution in [0.1, 0.15) is 13.3 Å². The number of sulfone groups is 1. The number of hydrogen-bond acceptors (Lipinski definition) is 5. The molecule has 0 amide bonds. The number of rotatable bonds is 9. The van der Waals surface area contributed by atoms with E-state index in [1.54, 1.807) is 0 Å². The second-order valence-corrected chi connectivity index (χ2v) is 9.25. The van der Waals surface area contributed by atoms with E-state index in [1.807, 2.05) is 25.1 Å². The number of anilines is 1. The average molecular weight is 417 g/mol. The minimum atomic E-state index is -2.98. The first-order valence-corrected chi connectivity index (χ1v) is 11.6. The van der Waals surface area contributed by atoms with Gasteiger partial charge in [-0.15, -0.1) is 0 Å². The summed E-state index contributed by atoms with van der Waals surface area (Å²) >= 11 is 6.09. The Morgan fingerprint density at radius 1 is 1.41 bits per heavy atom. The summed E-state index contributed by atoms with van der Waals surface area (Å²) in [5.41, 5.74) is 1.13. The van der Waals surface area contributed by atoms with E-state index in [0.29, 0.717) is 19.2 Å². The van der Waals surface area contributed by atoms with Gasteiger partial charge >= 0.3 is 0 Å². The topological polar surface area (TPSA) is 83.0 Å². The van der Waals surface area contributed by atoms with E-state index in [4.69, 9.17) is 16.3 Å². The summed E-state index contributed by atoms with van der Waals surface area (Å²) in [4.78, 5) is 6.81. The van der Waals surface area contributed by atoms with E-state index < -0.39 is 9.84 Å². The fraction of sp³-hybridized carbons (Fsp3) is 0.611. The summed E-state index contributed by atoms with van der Waals surface area (Å²) in [6.07, 6.45) is 2.22. The van der Waals surface area contributed by atoms with Gasteiger partial charge in [0.2, 0.25) is 0 Å². The lowest BCUT2D eigenvalue weighted by molar-refractivity contribution is 0.157. The number of guanidine groups is 1. The Morgan fingerprint density at radius 2 is 2.22 bits per heavy atom. The van der Waals surface area contributed by atoms with Crippen LogP contribution in [0.4, 0.5) is 5.69 Å². The molecule has 1 aliphatic rings. The highest BCUT2D eigenvalue weighted by molar-refractivity contribution is 7.90. The van der Waals surface area contributed by atoms with E-state index in [-0.39, 0.29) is 12.4 Å². The molecule has 0 spiro atoms. The molecule has 0 aromatic heterocycles. The summed E-state index contributed by atoms with van der Waals surface area (Å²) in [7, 11) is -2.98. The van der Waals surface area contributed by atoms with Crippen LogP contribution in [0.2, 0.25) is 5.02 Å². The van der Waals surface area contributed by atoms with Gasteiger partial charge in [-0.25, -0.2) is 8.42 Å². The van der Waals surface area contributed by atoms with Crippen LogP contribution in [0.5, 0.6) is 0 Å². The maximum atomic E-state index is 11.1. The Hall–Kier alpha value is -1.51. The molecular weight excluding hydrogens is 388 g/mol. The minimum Gasteiger partial charge on any atom is -0.378 e. The first kappa shape index (κ1) is 21.8. The Labute approximate surface area is 167 Å². The van der Waals surface area contributed by atoms with E-state index >= 15 is 0 Å². The van der Waals surface area contributed by atoms with Crippen molar-refractivity contribution < 1.29 is 13.2 Å². The van der Waals surface area contributed by atoms with Gasteiger partial charge in [0.15, 0.2) is 5.96 Å². The van der Waals surface area contributed by atoms with E-state index in [1.165, 1.54) is 6.26 Å². The molecule has 0 aliphatic carbocycles. The van der Waals surface area contributed by atoms with Crippen molar-refractivity contribution in [1.82, 2.24) is 10.6 Å². The van der Waals surface area contributed by atoms with Gasteiger partial charge in [-0.2, -0.15) is 0 Å². The first-order valence-electron chi connectivity index (χ1n) is 9.18. The maximum Gasteiger partial charge on any atom is 0.191 e. The molecule has 1 aromatic carbocycles. The van der Waals surface area contributed by atoms with Gasteiger partial charge in [0.25, 0.3) is 0 Å². The molecule has 2 rings (SSSR count). The second-order valence-electron chi connectivity index (χ2n) is 6.56. The lowest BCUT2D eigenvalue weighted by atomic mass is 10.3. The van der Waals surface area contributed by atoms with Gasteiger partial charge in [0.05, 0.1) is 25.5 Å². The number of hydrogen-bond donors (Lipinski definition) is 2. The van der Waals surface area contributed by atoms with Crippen molar-refractivity contribution in [2.24, 2.45) is 4.99 Å². The fourth-order valence-electron chi connectivity index (χ4n) is 2.83. The van der Waals surface area contributed by atoms with Crippen molar-refractivity contribution in [2.75, 3.05) is 56.3 Å². The van der Waals surface area contributed by atoms with Crippen molar-refractivity contribution in [3.05, 3.63) is 29.3 Å². The van der Waals surface area contributed by atoms with Crippen molar-refractivity contribution in [2.45, 2.75) is 19.4 Å². The molecule has 152 valence electrons. The number of halogens is 1. The van der Waals surface area contributed by atoms with Gasteiger partial charge in [-0.05, 0) is 31.5 Å². The van der Waals surface area contributed by atoms with Crippen LogP contribution in [-0.4, -0.2) is 71.8 Å². The van der Waals surface area contributed by atoms with Crippen LogP contribution in [0, 0.1) is 0 Å². The number of nitrogens with zero attached hydrogens (tertiary/aromatic N) is 2. The molecule has 1 aromatic rings. The summed E-state index contributed by atoms with van der Waals surface area (Å²) in [6.45, 7) is 5.71. The quantitative estimate of drug-likeness (QED) is 0.361. The van der Waals surface area contributed by atoms with Crippen LogP contribution < -0.4 is 15.5 Å². The summed E-state index contributed by atoms with van der Waals surface area (Å²) in [5.74, 6) is 0.790. The SMILES string of the molecule is CCNC(=NCCOCCS(C)(=O)=O)NC1CCN(c2cccc(Cl)c2)C1. The van der Waals surface area contributed by atoms with Gasteiger partial charge in [0.1, 0.15) is 9.84 Å². The van der Waals surface area contributed by atoms with Crippen LogP contribution in [0.15, 0.2) is 29.3 Å². The Kier molecular flexibility index (Phi) is 8.66. The highest BCUT2D eigenvalue weighted by Gasteiger charge is 2.23. The number of nitrogens with one attached hydrogen (secondary N) is 2. The summed E-state index contributed by atoms with van der Waals surface area (Å²) in [6, 6.07) is 8.20. The zero-order valence-corrected chi connectivity index (χ0v) is 17.5. The molecule has 1 saturated heterocycles. The van der Waals surface area contributed by atoms with Gasteiger partial charge < -0.3 is 20.3 Å². The summed E-state index contributed by atoms with van der Waals surface area (Å²) in [5, 5.41) is 7.44. The minimum absolute atomic E-state index is 0.0381. The number of aliphatic imine (C=N–C) groups is 1. The third-order valence-electron chi connectivity index (χ3n) is 4.15. The third kappa shape index (κ3) is 8.36. The lowest BCUT2D eigenvalue weighted by Gasteiger charge is -2.20. The van der Waals surface area contributed by atoms with Crippen LogP contribution >= 0.6 is 11.6 Å². The maximum absolute atomic E-state index is 11.1. The van der Waals surface area contributed by atoms with E-state index in [2.05, 4.69) is 26.6 Å². The van der Waals surface area contributed by atoms with Crippen molar-refractivity contribution in [3.63, 3.8) is 0 Å². The predicted molar refractivity (Wildman–Crippen MR) is 112 cm³/mol. The summed E-state index contributed by atoms with van der Waals surface area (Å²) < 4.78 is 27.5. The highest BCUT2D eigenvalue weighted by Crippen LogP contribution is 2.23. The fourth-order valence-corrected chi connectivity index (χ4v) is 3.44. The molecule has 0 saturated carbocycles. The largest absolute Gasteiger partial charge is 0.378 e. The molecule has 7 nitrogen and oxygen atoms in total. The van der Waals surface area contributed by atoms with Gasteiger partial charge in [-0.3, -0.25) is 4.99 Å². The highest BCUT2D eigenvalue weighted by atomic mass is 35.5. The van der Waals surface area contributed by atoms with Crippen molar-refractivity contribution in [3.8, 4) is 0 Å². The molecule has 2 N–H and O–H groups in total. The monoisotopic (exact) mass is 416 g/mol. The Bertz CT molecular complexity index is 727. The number of benzene rings is 1. The van der Waals surface area contributed by atoms with Crippen molar-refractivity contribution >= 4 is 33.1 Å². The van der Waals surface area contributed by atoms with Crippen LogP contribution in [0.3, 0.4) is 0 Å².